The smallest absolute Gasteiger partial charge is 0.0561 e. The van der Waals surface area contributed by atoms with Crippen molar-refractivity contribution in [2.45, 2.75) is 174 Å². The summed E-state index contributed by atoms with van der Waals surface area (Å²) in [6, 6.07) is 13.9. The van der Waals surface area contributed by atoms with Crippen LogP contribution in [-0.2, 0) is 0 Å². The fourth-order valence-corrected chi connectivity index (χ4v) is 65.9. The van der Waals surface area contributed by atoms with Gasteiger partial charge in [-0.2, -0.15) is 0 Å². The van der Waals surface area contributed by atoms with Gasteiger partial charge in [0, 0.05) is 0 Å². The Hall–Kier alpha value is 0.587. The first-order chi connectivity index (χ1) is 17.7. The molecule has 0 N–H and O–H groups in total. The van der Waals surface area contributed by atoms with Gasteiger partial charge in [0.25, 0.3) is 0 Å². The van der Waals surface area contributed by atoms with Crippen LogP contribution in [0.4, 0.5) is 0 Å². The molecule has 1 rings (SSSR count). The van der Waals surface area contributed by atoms with Gasteiger partial charge in [-0.1, -0.05) is 48.1 Å². The van der Waals surface area contributed by atoms with Crippen LogP contribution >= 0.6 is 0 Å². The van der Waals surface area contributed by atoms with Gasteiger partial charge in [0.05, 0.1) is 8.80 Å². The number of rotatable bonds is 5. The van der Waals surface area contributed by atoms with E-state index >= 15 is 0 Å². The van der Waals surface area contributed by atoms with Crippen LogP contribution in [0.25, 0.3) is 0 Å². The van der Waals surface area contributed by atoms with Gasteiger partial charge in [-0.15, -0.1) is 0 Å². The molecule has 0 nitrogen and oxygen atoms in total. The molecule has 234 valence electrons. The molecule has 6 heteroatoms. The summed E-state index contributed by atoms with van der Waals surface area (Å²) in [6.45, 7) is 52.6. The Kier molecular flexibility index (Phi) is 14.1. The number of hydrogen-bond acceptors (Lipinski definition) is 0. The van der Waals surface area contributed by atoms with Crippen molar-refractivity contribution < 1.29 is 0 Å². The van der Waals surface area contributed by atoms with E-state index in [1.807, 2.05) is 0 Å². The van der Waals surface area contributed by atoms with Crippen LogP contribution in [0.2, 0.25) is 49.9 Å². The van der Waals surface area contributed by atoms with Crippen molar-refractivity contribution in [1.82, 2.24) is 0 Å². The Morgan fingerprint density at radius 2 is 0.976 bits per heavy atom. The predicted octanol–water partition coefficient (Wildman–Crippen LogP) is 11.5. The van der Waals surface area contributed by atoms with Gasteiger partial charge in [-0.3, -0.25) is 0 Å². The minimum atomic E-state index is -1.67. The Balaban J connectivity index is 0.00000136. The monoisotopic (exact) mass is 703 g/mol. The summed E-state index contributed by atoms with van der Waals surface area (Å²) in [4.78, 5) is 0. The number of benzene rings is 1. The van der Waals surface area contributed by atoms with Gasteiger partial charge >= 0.3 is 209 Å². The van der Waals surface area contributed by atoms with Crippen molar-refractivity contribution in [3.05, 3.63) is 41.9 Å². The van der Waals surface area contributed by atoms with E-state index in [1.165, 1.54) is 9.91 Å². The van der Waals surface area contributed by atoms with E-state index in [0.717, 1.165) is 8.13 Å². The molecule has 41 heavy (non-hydrogen) atoms. The molecule has 0 aliphatic heterocycles. The standard InChI is InChI=1S/C26H48GeSi4.C9H21Si/c1-23(2,3)30(13,24(4,5)6)28-29(20-22(27)21-18-16-15-17-19-21)31(14,25(7,8)9)26(10,11)12;1-8(2,3)10(7)9(4,5)6/h15-20H,1-14H3;1-7H3/q-1;. The molecule has 1 aromatic carbocycles. The SMILES string of the molecule is CC(C)(C)[Si](C)(/[Si]=[Si](/[CH-][C](=[Ge])c1ccccc1)[Si](C)(C(C)(C)C)C(C)(C)C)C(C)(C)C.C[Si](C(C)(C)C)C(C)(C)C. The zero-order valence-corrected chi connectivity index (χ0v) is 38.6. The van der Waals surface area contributed by atoms with E-state index in [-0.39, 0.29) is 8.80 Å². The average Bonchev–Trinajstić information content (AvgIpc) is 2.74. The van der Waals surface area contributed by atoms with Crippen molar-refractivity contribution in [2.24, 2.45) is 0 Å². The molecular formula is C35H69GeSi5-. The molecule has 0 saturated carbocycles. The van der Waals surface area contributed by atoms with Gasteiger partial charge < -0.3 is 0 Å². The molecule has 0 heterocycles. The molecule has 0 saturated heterocycles. The quantitative estimate of drug-likeness (QED) is 0.212. The third-order valence-corrected chi connectivity index (χ3v) is 61.2. The summed E-state index contributed by atoms with van der Waals surface area (Å²) in [5.74, 6) is 0. The van der Waals surface area contributed by atoms with E-state index in [9.17, 15) is 0 Å². The topological polar surface area (TPSA) is 0 Å². The zero-order valence-electron chi connectivity index (χ0n) is 31.5. The van der Waals surface area contributed by atoms with E-state index in [2.05, 4.69) is 197 Å². The molecule has 0 amide bonds. The largest absolute Gasteiger partial charge is 0.0703 e. The first-order valence-electron chi connectivity index (χ1n) is 15.7. The summed E-state index contributed by atoms with van der Waals surface area (Å²) in [5.41, 5.74) is 1.41. The van der Waals surface area contributed by atoms with Crippen LogP contribution < -0.4 is 0 Å². The fourth-order valence-electron chi connectivity index (χ4n) is 5.98. The Bertz CT molecular complexity index is 973. The van der Waals surface area contributed by atoms with E-state index < -0.39 is 22.6 Å². The van der Waals surface area contributed by atoms with Gasteiger partial charge in [0.1, 0.15) is 0 Å². The third kappa shape index (κ3) is 10.6. The molecule has 0 aliphatic carbocycles. The molecule has 0 aromatic heterocycles. The van der Waals surface area contributed by atoms with Crippen molar-refractivity contribution in [3.8, 4) is 0 Å². The summed E-state index contributed by atoms with van der Waals surface area (Å²) >= 11 is 2.37. The van der Waals surface area contributed by atoms with Gasteiger partial charge in [-0.05, 0) is 10.1 Å². The van der Waals surface area contributed by atoms with E-state index in [0.29, 0.717) is 30.2 Å². The van der Waals surface area contributed by atoms with E-state index in [1.54, 1.807) is 0 Å². The summed E-state index contributed by atoms with van der Waals surface area (Å²) in [6.07, 6.45) is 0. The molecular weight excluding hydrogens is 633 g/mol. The van der Waals surface area contributed by atoms with E-state index in [4.69, 9.17) is 0 Å². The molecule has 0 atom stereocenters. The minimum absolute atomic E-state index is 0.221. The second kappa shape index (κ2) is 13.9. The van der Waals surface area contributed by atoms with Crippen molar-refractivity contribution in [1.29, 1.82) is 0 Å². The molecule has 0 aliphatic rings. The normalized spacial score (nSPS) is 14.9. The van der Waals surface area contributed by atoms with Gasteiger partial charge in [0.2, 0.25) is 0 Å². The molecule has 0 bridgehead atoms. The molecule has 0 fully saturated rings. The van der Waals surface area contributed by atoms with Gasteiger partial charge in [0.15, 0.2) is 0 Å². The van der Waals surface area contributed by atoms with Crippen LogP contribution in [0.3, 0.4) is 0 Å². The Morgan fingerprint density at radius 3 is 1.22 bits per heavy atom. The summed E-state index contributed by atoms with van der Waals surface area (Å²) in [7, 11) is -3.05. The zero-order chi connectivity index (χ0) is 33.3. The van der Waals surface area contributed by atoms with Crippen molar-refractivity contribution >= 4 is 59.9 Å². The van der Waals surface area contributed by atoms with Crippen molar-refractivity contribution in [3.63, 3.8) is 0 Å². The number of hydrogen-bond donors (Lipinski definition) is 0. The second-order valence-corrected chi connectivity index (χ2v) is 49.8. The Labute approximate surface area is 274 Å². The summed E-state index contributed by atoms with van der Waals surface area (Å²) < 4.78 is 1.51. The second-order valence-electron chi connectivity index (χ2n) is 18.8. The maximum absolute atomic E-state index is 2.84. The Morgan fingerprint density at radius 1 is 0.634 bits per heavy atom. The fraction of sp³-hybridized carbons (Fsp3) is 0.771. The van der Waals surface area contributed by atoms with Crippen molar-refractivity contribution in [2.75, 3.05) is 0 Å². The maximum Gasteiger partial charge on any atom is 0.0561 e. The van der Waals surface area contributed by atoms with Crippen LogP contribution in [0, 0.1) is 6.04 Å². The van der Waals surface area contributed by atoms with Gasteiger partial charge in [-0.25, -0.2) is 0 Å². The van der Waals surface area contributed by atoms with Crippen LogP contribution in [0.5, 0.6) is 0 Å². The van der Waals surface area contributed by atoms with Crippen LogP contribution in [0.15, 0.2) is 30.3 Å². The van der Waals surface area contributed by atoms with Crippen LogP contribution in [-0.4, -0.2) is 59.9 Å². The first-order valence-corrected chi connectivity index (χ1v) is 29.4. The van der Waals surface area contributed by atoms with Crippen LogP contribution in [0.1, 0.15) is 130 Å². The summed E-state index contributed by atoms with van der Waals surface area (Å²) in [5, 5.41) is 2.65. The predicted molar refractivity (Wildman–Crippen MR) is 205 cm³/mol. The molecule has 1 aromatic rings. The molecule has 4 radical (unpaired) electrons. The first kappa shape index (κ1) is 41.6. The third-order valence-electron chi connectivity index (χ3n) is 10.5. The maximum atomic E-state index is 2.84. The average molecular weight is 703 g/mol. The minimum Gasteiger partial charge on any atom is -0.0703 e. The molecule has 0 spiro atoms. The molecule has 0 unspecified atom stereocenters.